The van der Waals surface area contributed by atoms with E-state index in [-0.39, 0.29) is 39.1 Å². The number of hydrogen-bond acceptors (Lipinski definition) is 5. The van der Waals surface area contributed by atoms with Crippen LogP contribution in [0.5, 0.6) is 5.75 Å². The third-order valence-corrected chi connectivity index (χ3v) is 8.66. The summed E-state index contributed by atoms with van der Waals surface area (Å²) < 4.78 is 33.9. The molecule has 3 aromatic carbocycles. The Hall–Kier alpha value is -3.27. The van der Waals surface area contributed by atoms with E-state index in [0.29, 0.717) is 12.2 Å². The van der Waals surface area contributed by atoms with Gasteiger partial charge >= 0.3 is 0 Å². The number of nitrogens with one attached hydrogen (secondary N) is 1. The second-order valence-electron chi connectivity index (χ2n) is 9.38. The molecule has 0 bridgehead atoms. The molecule has 3 rings (SSSR count). The molecule has 2 amide bonds. The number of ether oxygens (including phenoxy) is 1. The van der Waals surface area contributed by atoms with Crippen molar-refractivity contribution in [1.82, 2.24) is 10.2 Å². The van der Waals surface area contributed by atoms with E-state index in [4.69, 9.17) is 27.9 Å². The lowest BCUT2D eigenvalue weighted by Gasteiger charge is -2.33. The Morgan fingerprint density at radius 3 is 2.15 bits per heavy atom. The van der Waals surface area contributed by atoms with Crippen LogP contribution in [-0.2, 0) is 26.2 Å². The SMILES string of the molecule is CCC(C(=O)NC(C)C)N(Cc1ccc(OC)cc1)C(=O)CN(c1ccc(Cl)c(Cl)c1)S(=O)(=O)c1ccccc1. The minimum atomic E-state index is -4.20. The number of sulfonamides is 1. The van der Waals surface area contributed by atoms with Crippen LogP contribution < -0.4 is 14.4 Å². The molecule has 8 nitrogen and oxygen atoms in total. The highest BCUT2D eigenvalue weighted by atomic mass is 35.5. The first-order valence-electron chi connectivity index (χ1n) is 12.7. The van der Waals surface area contributed by atoms with Crippen molar-refractivity contribution in [2.45, 2.75) is 50.7 Å². The van der Waals surface area contributed by atoms with Crippen molar-refractivity contribution in [3.8, 4) is 5.75 Å². The molecule has 0 saturated heterocycles. The van der Waals surface area contributed by atoms with Gasteiger partial charge in [0.2, 0.25) is 11.8 Å². The number of amides is 2. The van der Waals surface area contributed by atoms with Gasteiger partial charge < -0.3 is 15.0 Å². The van der Waals surface area contributed by atoms with E-state index in [1.807, 2.05) is 13.8 Å². The fourth-order valence-electron chi connectivity index (χ4n) is 4.12. The standard InChI is InChI=1S/C29H33Cl2N3O5S/c1-5-27(29(36)32-20(2)3)33(18-21-11-14-23(39-4)15-12-21)28(35)19-34(22-13-16-25(30)26(31)17-22)40(37,38)24-9-7-6-8-10-24/h6-17,20,27H,5,18-19H2,1-4H3,(H,32,36). The molecule has 0 aliphatic heterocycles. The van der Waals surface area contributed by atoms with E-state index in [1.165, 1.54) is 35.2 Å². The van der Waals surface area contributed by atoms with Crippen molar-refractivity contribution in [1.29, 1.82) is 0 Å². The number of nitrogens with zero attached hydrogens (tertiary/aromatic N) is 2. The number of methoxy groups -OCH3 is 1. The Kier molecular flexibility index (Phi) is 10.8. The Balaban J connectivity index is 2.07. The number of hydrogen-bond donors (Lipinski definition) is 1. The van der Waals surface area contributed by atoms with Crippen LogP contribution in [0.25, 0.3) is 0 Å². The smallest absolute Gasteiger partial charge is 0.264 e. The molecule has 3 aromatic rings. The van der Waals surface area contributed by atoms with Gasteiger partial charge in [-0.1, -0.05) is 60.5 Å². The molecule has 1 atom stereocenters. The van der Waals surface area contributed by atoms with Crippen molar-refractivity contribution >= 4 is 50.7 Å². The molecule has 1 N–H and O–H groups in total. The third-order valence-electron chi connectivity index (χ3n) is 6.13. The predicted molar refractivity (Wildman–Crippen MR) is 158 cm³/mol. The molecule has 214 valence electrons. The van der Waals surface area contributed by atoms with Crippen LogP contribution in [0.15, 0.2) is 77.7 Å². The van der Waals surface area contributed by atoms with Crippen LogP contribution in [0.4, 0.5) is 5.69 Å². The highest BCUT2D eigenvalue weighted by Gasteiger charge is 2.34. The summed E-state index contributed by atoms with van der Waals surface area (Å²) >= 11 is 12.3. The van der Waals surface area contributed by atoms with Gasteiger partial charge in [0.05, 0.1) is 27.7 Å². The summed E-state index contributed by atoms with van der Waals surface area (Å²) in [6.45, 7) is 4.97. The second kappa shape index (κ2) is 13.9. The molecule has 0 aliphatic rings. The highest BCUT2D eigenvalue weighted by molar-refractivity contribution is 7.92. The number of benzene rings is 3. The van der Waals surface area contributed by atoms with E-state index in [0.717, 1.165) is 9.87 Å². The van der Waals surface area contributed by atoms with Crippen LogP contribution in [0.2, 0.25) is 10.0 Å². The lowest BCUT2D eigenvalue weighted by atomic mass is 10.1. The summed E-state index contributed by atoms with van der Waals surface area (Å²) in [7, 11) is -2.64. The predicted octanol–water partition coefficient (Wildman–Crippen LogP) is 5.53. The van der Waals surface area contributed by atoms with Crippen LogP contribution in [0, 0.1) is 0 Å². The average Bonchev–Trinajstić information content (AvgIpc) is 2.93. The van der Waals surface area contributed by atoms with Crippen LogP contribution in [0.1, 0.15) is 32.8 Å². The zero-order chi connectivity index (χ0) is 29.4. The number of carbonyl (C=O) groups excluding carboxylic acids is 2. The Labute approximate surface area is 245 Å². The number of anilines is 1. The van der Waals surface area contributed by atoms with Gasteiger partial charge in [-0.2, -0.15) is 0 Å². The first-order chi connectivity index (χ1) is 19.0. The zero-order valence-electron chi connectivity index (χ0n) is 22.8. The normalized spacial score (nSPS) is 12.1. The van der Waals surface area contributed by atoms with Crippen LogP contribution in [0.3, 0.4) is 0 Å². The lowest BCUT2D eigenvalue weighted by molar-refractivity contribution is -0.140. The van der Waals surface area contributed by atoms with Gasteiger partial charge in [0.15, 0.2) is 0 Å². The van der Waals surface area contributed by atoms with Crippen molar-refractivity contribution in [3.05, 3.63) is 88.4 Å². The molecule has 0 spiro atoms. The van der Waals surface area contributed by atoms with Gasteiger partial charge in [-0.25, -0.2) is 8.42 Å². The van der Waals surface area contributed by atoms with Crippen LogP contribution in [-0.4, -0.2) is 50.9 Å². The molecule has 0 fully saturated rings. The molecule has 0 aromatic heterocycles. The minimum absolute atomic E-state index is 0.000157. The minimum Gasteiger partial charge on any atom is -0.497 e. The maximum atomic E-state index is 14.0. The van der Waals surface area contributed by atoms with E-state index < -0.39 is 28.5 Å². The summed E-state index contributed by atoms with van der Waals surface area (Å²) in [5, 5.41) is 3.25. The van der Waals surface area contributed by atoms with Gasteiger partial charge in [0.1, 0.15) is 18.3 Å². The van der Waals surface area contributed by atoms with Gasteiger partial charge in [-0.15, -0.1) is 0 Å². The number of halogens is 2. The third kappa shape index (κ3) is 7.68. The zero-order valence-corrected chi connectivity index (χ0v) is 25.1. The maximum absolute atomic E-state index is 14.0. The first-order valence-corrected chi connectivity index (χ1v) is 14.9. The van der Waals surface area contributed by atoms with Gasteiger partial charge in [-0.3, -0.25) is 13.9 Å². The topological polar surface area (TPSA) is 96.0 Å². The highest BCUT2D eigenvalue weighted by Crippen LogP contribution is 2.31. The van der Waals surface area contributed by atoms with Gasteiger partial charge in [0.25, 0.3) is 10.0 Å². The summed E-state index contributed by atoms with van der Waals surface area (Å²) in [6.07, 6.45) is 0.318. The molecule has 0 aliphatic carbocycles. The van der Waals surface area contributed by atoms with E-state index in [1.54, 1.807) is 56.5 Å². The van der Waals surface area contributed by atoms with Crippen LogP contribution >= 0.6 is 23.2 Å². The molecule has 1 unspecified atom stereocenters. The number of carbonyl (C=O) groups is 2. The molecule has 0 saturated carbocycles. The van der Waals surface area contributed by atoms with Gasteiger partial charge in [0, 0.05) is 12.6 Å². The summed E-state index contributed by atoms with van der Waals surface area (Å²) in [6, 6.07) is 18.3. The van der Waals surface area contributed by atoms with E-state index in [9.17, 15) is 18.0 Å². The van der Waals surface area contributed by atoms with Crippen molar-refractivity contribution < 1.29 is 22.7 Å². The van der Waals surface area contributed by atoms with E-state index >= 15 is 0 Å². The monoisotopic (exact) mass is 605 g/mol. The molecule has 0 radical (unpaired) electrons. The Morgan fingerprint density at radius 1 is 0.950 bits per heavy atom. The van der Waals surface area contributed by atoms with Gasteiger partial charge in [-0.05, 0) is 68.3 Å². The lowest BCUT2D eigenvalue weighted by Crippen LogP contribution is -2.53. The van der Waals surface area contributed by atoms with E-state index in [2.05, 4.69) is 5.32 Å². The fourth-order valence-corrected chi connectivity index (χ4v) is 5.84. The quantitative estimate of drug-likeness (QED) is 0.293. The molecule has 0 heterocycles. The summed E-state index contributed by atoms with van der Waals surface area (Å²) in [5.41, 5.74) is 0.910. The summed E-state index contributed by atoms with van der Waals surface area (Å²) in [5.74, 6) is -0.246. The largest absolute Gasteiger partial charge is 0.497 e. The molecular weight excluding hydrogens is 573 g/mol. The second-order valence-corrected chi connectivity index (χ2v) is 12.1. The van der Waals surface area contributed by atoms with Crippen molar-refractivity contribution in [2.75, 3.05) is 18.0 Å². The maximum Gasteiger partial charge on any atom is 0.264 e. The fraction of sp³-hybridized carbons (Fsp3) is 0.310. The average molecular weight is 607 g/mol. The Morgan fingerprint density at radius 2 is 1.60 bits per heavy atom. The first kappa shape index (κ1) is 31.3. The number of rotatable bonds is 12. The molecule has 40 heavy (non-hydrogen) atoms. The molecular formula is C29H33Cl2N3O5S. The van der Waals surface area contributed by atoms with Crippen molar-refractivity contribution in [2.24, 2.45) is 0 Å². The Bertz CT molecular complexity index is 1420. The summed E-state index contributed by atoms with van der Waals surface area (Å²) in [4.78, 5) is 28.6. The van der Waals surface area contributed by atoms with Crippen molar-refractivity contribution in [3.63, 3.8) is 0 Å². The molecule has 11 heteroatoms.